The number of ether oxygens (including phenoxy) is 1. The first-order chi connectivity index (χ1) is 16.5. The van der Waals surface area contributed by atoms with E-state index in [1.807, 2.05) is 49.1 Å². The molecule has 3 fully saturated rings. The second-order valence-corrected chi connectivity index (χ2v) is 9.92. The molecule has 2 aromatic rings. The molecule has 4 aliphatic heterocycles. The van der Waals surface area contributed by atoms with Crippen LogP contribution >= 0.6 is 0 Å². The van der Waals surface area contributed by atoms with E-state index in [0.717, 1.165) is 35.2 Å². The summed E-state index contributed by atoms with van der Waals surface area (Å²) in [6, 6.07) is 14.2. The number of nitrogens with zero attached hydrogens (tertiary/aromatic N) is 2. The molecule has 3 saturated heterocycles. The maximum Gasteiger partial charge on any atom is 0.235 e. The Bertz CT molecular complexity index is 1210. The minimum Gasteiger partial charge on any atom is -0.376 e. The summed E-state index contributed by atoms with van der Waals surface area (Å²) in [4.78, 5) is 44.8. The quantitative estimate of drug-likeness (QED) is 0.519. The van der Waals surface area contributed by atoms with E-state index in [1.54, 1.807) is 12.1 Å². The van der Waals surface area contributed by atoms with E-state index in [1.165, 1.54) is 4.90 Å². The Kier molecular flexibility index (Phi) is 4.96. The van der Waals surface area contributed by atoms with Crippen molar-refractivity contribution in [2.45, 2.75) is 44.9 Å². The van der Waals surface area contributed by atoms with E-state index >= 15 is 0 Å². The number of likely N-dealkylation sites (tertiary alicyclic amines) is 1. The average Bonchev–Trinajstić information content (AvgIpc) is 3.53. The molecule has 5 atom stereocenters. The van der Waals surface area contributed by atoms with Crippen molar-refractivity contribution in [3.05, 3.63) is 71.3 Å². The summed E-state index contributed by atoms with van der Waals surface area (Å²) in [6.45, 7) is 5.03. The molecule has 0 aliphatic carbocycles. The van der Waals surface area contributed by atoms with Crippen LogP contribution < -0.4 is 4.90 Å². The third-order valence-electron chi connectivity index (χ3n) is 7.83. The Morgan fingerprint density at radius 3 is 2.53 bits per heavy atom. The molecule has 0 radical (unpaired) electrons. The number of hydrogen-bond acceptors (Lipinski definition) is 5. The van der Waals surface area contributed by atoms with Gasteiger partial charge in [0.05, 0.1) is 30.5 Å². The summed E-state index contributed by atoms with van der Waals surface area (Å²) in [6.07, 6.45) is 3.76. The van der Waals surface area contributed by atoms with Crippen LogP contribution in [0.3, 0.4) is 0 Å². The van der Waals surface area contributed by atoms with Crippen LogP contribution in [0.4, 0.5) is 5.69 Å². The van der Waals surface area contributed by atoms with Crippen molar-refractivity contribution in [2.75, 3.05) is 18.1 Å². The number of amides is 2. The van der Waals surface area contributed by atoms with E-state index < -0.39 is 17.9 Å². The molecular weight excluding hydrogens is 428 g/mol. The van der Waals surface area contributed by atoms with Gasteiger partial charge in [-0.25, -0.2) is 0 Å². The first-order valence-electron chi connectivity index (χ1n) is 12.1. The monoisotopic (exact) mass is 456 g/mol. The number of rotatable bonds is 4. The van der Waals surface area contributed by atoms with Crippen LogP contribution in [0.1, 0.15) is 41.3 Å². The van der Waals surface area contributed by atoms with Gasteiger partial charge in [0.1, 0.15) is 6.04 Å². The van der Waals surface area contributed by atoms with Crippen molar-refractivity contribution in [1.82, 2.24) is 4.90 Å². The van der Waals surface area contributed by atoms with Crippen molar-refractivity contribution in [3.63, 3.8) is 0 Å². The number of carbonyl (C=O) groups is 3. The minimum absolute atomic E-state index is 0.113. The Hall–Kier alpha value is -3.25. The third-order valence-corrected chi connectivity index (χ3v) is 7.83. The fourth-order valence-electron chi connectivity index (χ4n) is 6.26. The van der Waals surface area contributed by atoms with Gasteiger partial charge in [0.25, 0.3) is 0 Å². The molecule has 0 N–H and O–H groups in total. The summed E-state index contributed by atoms with van der Waals surface area (Å²) >= 11 is 0. The van der Waals surface area contributed by atoms with Gasteiger partial charge in [-0.1, -0.05) is 48.0 Å². The molecule has 0 aromatic heterocycles. The van der Waals surface area contributed by atoms with Crippen molar-refractivity contribution >= 4 is 28.9 Å². The van der Waals surface area contributed by atoms with Crippen molar-refractivity contribution in [1.29, 1.82) is 0 Å². The summed E-state index contributed by atoms with van der Waals surface area (Å²) < 4.78 is 5.72. The molecule has 2 aromatic carbocycles. The number of anilines is 1. The average molecular weight is 457 g/mol. The summed E-state index contributed by atoms with van der Waals surface area (Å²) in [5.74, 6) is -1.81. The number of Topliss-reactive ketones (excluding diaryl/α,β-unsaturated/α-hetero) is 1. The standard InChI is InChI=1S/C28H28N2O4/c1-16-10-11-21-20(13-16)17(2)14-22-23-24(25(30(21)22)26(31)18-7-4-3-5-8-18)28(33)29(27(23)32)15-19-9-6-12-34-19/h3-5,7-8,10-11,13-14,19,22-25H,6,9,12,15H2,1-2H3/t19-,22+,23-,24-,25+/m0/s1. The predicted molar refractivity (Wildman–Crippen MR) is 128 cm³/mol. The van der Waals surface area contributed by atoms with Crippen LogP contribution in [0.25, 0.3) is 5.57 Å². The van der Waals surface area contributed by atoms with Gasteiger partial charge in [0.15, 0.2) is 5.78 Å². The summed E-state index contributed by atoms with van der Waals surface area (Å²) in [7, 11) is 0. The van der Waals surface area contributed by atoms with E-state index in [9.17, 15) is 14.4 Å². The normalized spacial score (nSPS) is 29.7. The molecule has 4 heterocycles. The first-order valence-corrected chi connectivity index (χ1v) is 12.1. The third kappa shape index (κ3) is 3.08. The van der Waals surface area contributed by atoms with Gasteiger partial charge in [-0.15, -0.1) is 0 Å². The maximum absolute atomic E-state index is 13.9. The lowest BCUT2D eigenvalue weighted by Crippen LogP contribution is -2.49. The molecule has 6 heteroatoms. The number of allylic oxidation sites excluding steroid dienone is 1. The second-order valence-electron chi connectivity index (χ2n) is 9.92. The number of imide groups is 1. The van der Waals surface area contributed by atoms with Gasteiger partial charge < -0.3 is 9.64 Å². The highest BCUT2D eigenvalue weighted by atomic mass is 16.5. The first kappa shape index (κ1) is 21.3. The lowest BCUT2D eigenvalue weighted by atomic mass is 9.85. The molecule has 2 amide bonds. The van der Waals surface area contributed by atoms with Crippen LogP contribution in [-0.4, -0.2) is 53.8 Å². The van der Waals surface area contributed by atoms with Crippen molar-refractivity contribution in [2.24, 2.45) is 11.8 Å². The highest BCUT2D eigenvalue weighted by Crippen LogP contribution is 2.50. The molecule has 0 unspecified atom stereocenters. The zero-order valence-corrected chi connectivity index (χ0v) is 19.4. The van der Waals surface area contributed by atoms with Crippen LogP contribution in [0, 0.1) is 18.8 Å². The molecular formula is C28H28N2O4. The van der Waals surface area contributed by atoms with E-state index in [2.05, 4.69) is 12.1 Å². The molecule has 6 nitrogen and oxygen atoms in total. The van der Waals surface area contributed by atoms with Gasteiger partial charge >= 0.3 is 0 Å². The zero-order chi connectivity index (χ0) is 23.6. The lowest BCUT2D eigenvalue weighted by Gasteiger charge is -2.38. The fraction of sp³-hybridized carbons (Fsp3) is 0.393. The van der Waals surface area contributed by atoms with Crippen LogP contribution in [0.5, 0.6) is 0 Å². The fourth-order valence-corrected chi connectivity index (χ4v) is 6.26. The summed E-state index contributed by atoms with van der Waals surface area (Å²) in [5, 5.41) is 0. The van der Waals surface area contributed by atoms with Gasteiger partial charge in [-0.3, -0.25) is 19.3 Å². The zero-order valence-electron chi connectivity index (χ0n) is 19.4. The number of ketones is 1. The van der Waals surface area contributed by atoms with Gasteiger partial charge in [-0.05, 0) is 44.4 Å². The molecule has 0 saturated carbocycles. The highest BCUT2D eigenvalue weighted by molar-refractivity contribution is 6.14. The number of benzene rings is 2. The highest BCUT2D eigenvalue weighted by Gasteiger charge is 2.64. The molecule has 6 rings (SSSR count). The minimum atomic E-state index is -0.728. The number of fused-ring (bicyclic) bond motifs is 5. The second kappa shape index (κ2) is 7.91. The number of carbonyl (C=O) groups excluding carboxylic acids is 3. The van der Waals surface area contributed by atoms with E-state index in [4.69, 9.17) is 4.74 Å². The Balaban J connectivity index is 1.46. The van der Waals surface area contributed by atoms with Crippen LogP contribution in [0.15, 0.2) is 54.6 Å². The molecule has 0 bridgehead atoms. The molecule has 0 spiro atoms. The number of hydrogen-bond donors (Lipinski definition) is 0. The van der Waals surface area contributed by atoms with Gasteiger partial charge in [-0.2, -0.15) is 0 Å². The molecule has 34 heavy (non-hydrogen) atoms. The summed E-state index contributed by atoms with van der Waals surface area (Å²) in [5.41, 5.74) is 4.74. The van der Waals surface area contributed by atoms with Crippen LogP contribution in [0.2, 0.25) is 0 Å². The van der Waals surface area contributed by atoms with Crippen molar-refractivity contribution < 1.29 is 19.1 Å². The van der Waals surface area contributed by atoms with Gasteiger partial charge in [0, 0.05) is 23.4 Å². The topological polar surface area (TPSA) is 66.9 Å². The Morgan fingerprint density at radius 1 is 1.03 bits per heavy atom. The van der Waals surface area contributed by atoms with Crippen LogP contribution in [-0.2, 0) is 14.3 Å². The Morgan fingerprint density at radius 2 is 1.79 bits per heavy atom. The lowest BCUT2D eigenvalue weighted by molar-refractivity contribution is -0.142. The Labute approximate surface area is 199 Å². The number of aryl methyl sites for hydroxylation is 1. The SMILES string of the molecule is CC1=C[C@@H]2[C@@H]3C(=O)N(C[C@@H]4CCCO4)C(=O)[C@@H]3[C@H](C(=O)c3ccccc3)N2c2ccc(C)cc21. The predicted octanol–water partition coefficient (Wildman–Crippen LogP) is 3.63. The maximum atomic E-state index is 13.9. The molecule has 4 aliphatic rings. The molecule has 174 valence electrons. The van der Waals surface area contributed by atoms with E-state index in [0.29, 0.717) is 12.2 Å². The van der Waals surface area contributed by atoms with Gasteiger partial charge in [0.2, 0.25) is 11.8 Å². The smallest absolute Gasteiger partial charge is 0.235 e. The van der Waals surface area contributed by atoms with Crippen molar-refractivity contribution in [3.8, 4) is 0 Å². The van der Waals surface area contributed by atoms with E-state index in [-0.39, 0.29) is 36.3 Å². The largest absolute Gasteiger partial charge is 0.376 e.